The number of pyridine rings is 1. The highest BCUT2D eigenvalue weighted by Gasteiger charge is 2.73. The molecule has 0 aliphatic carbocycles. The Morgan fingerprint density at radius 1 is 1.16 bits per heavy atom. The van der Waals surface area contributed by atoms with Crippen LogP contribution in [0.1, 0.15) is 21.7 Å². The number of nitrogens with two attached hydrogens (primary N) is 1. The first-order valence-corrected chi connectivity index (χ1v) is 10.5. The summed E-state index contributed by atoms with van der Waals surface area (Å²) < 4.78 is 109. The second kappa shape index (κ2) is 9.78. The number of benzene rings is 1. The van der Waals surface area contributed by atoms with Gasteiger partial charge in [-0.3, -0.25) is 19.9 Å². The average molecular weight is 572 g/mol. The number of hydrogen-bond donors (Lipinski definition) is 2. The summed E-state index contributed by atoms with van der Waals surface area (Å²) in [6.45, 7) is -0.589. The van der Waals surface area contributed by atoms with Gasteiger partial charge in [0.25, 0.3) is 5.69 Å². The molecule has 3 rings (SSSR count). The Morgan fingerprint density at radius 3 is 2.26 bits per heavy atom. The van der Waals surface area contributed by atoms with E-state index in [1.807, 2.05) is 0 Å². The minimum absolute atomic E-state index is 0.0121. The van der Waals surface area contributed by atoms with Crippen molar-refractivity contribution in [1.29, 1.82) is 0 Å². The first-order valence-electron chi connectivity index (χ1n) is 9.72. The quantitative estimate of drug-likeness (QED) is 0.234. The van der Waals surface area contributed by atoms with Crippen molar-refractivity contribution in [2.45, 2.75) is 34.7 Å². The number of carbonyl (C=O) groups is 1. The minimum Gasteiger partial charge on any atom is -0.388 e. The molecular formula is C19H12F8N6O4S. The Bertz CT molecular complexity index is 1430. The number of primary amides is 1. The summed E-state index contributed by atoms with van der Waals surface area (Å²) in [5.74, 6) is -15.7. The number of carbonyl (C=O) groups excluding carboxylic acids is 1. The lowest BCUT2D eigenvalue weighted by Crippen LogP contribution is -2.50. The van der Waals surface area contributed by atoms with Crippen LogP contribution in [0.4, 0.5) is 40.8 Å². The zero-order valence-electron chi connectivity index (χ0n) is 18.4. The summed E-state index contributed by atoms with van der Waals surface area (Å²) in [4.78, 5) is 25.3. The summed E-state index contributed by atoms with van der Waals surface area (Å²) in [6.07, 6.45) is -6.86. The van der Waals surface area contributed by atoms with E-state index in [-0.39, 0.29) is 28.1 Å². The predicted molar refractivity (Wildman–Crippen MR) is 111 cm³/mol. The van der Waals surface area contributed by atoms with E-state index in [1.165, 1.54) is 11.6 Å². The van der Waals surface area contributed by atoms with E-state index >= 15 is 0 Å². The predicted octanol–water partition coefficient (Wildman–Crippen LogP) is 3.96. The number of alkyl halides is 7. The molecule has 10 nitrogen and oxygen atoms in total. The summed E-state index contributed by atoms with van der Waals surface area (Å²) >= 11 is 0.505. The first-order chi connectivity index (χ1) is 17.4. The van der Waals surface area contributed by atoms with Crippen molar-refractivity contribution in [3.8, 4) is 11.3 Å². The van der Waals surface area contributed by atoms with Gasteiger partial charge in [0, 0.05) is 41.4 Å². The highest BCUT2D eigenvalue weighted by molar-refractivity contribution is 7.99. The van der Waals surface area contributed by atoms with Gasteiger partial charge in [-0.15, -0.1) is 10.2 Å². The van der Waals surface area contributed by atoms with Crippen LogP contribution in [0, 0.1) is 15.9 Å². The largest absolute Gasteiger partial charge is 0.460 e. The topological polar surface area (TPSA) is 150 Å². The number of non-ortho nitro benzene ring substituents is 1. The Labute approximate surface area is 209 Å². The maximum atomic E-state index is 15.0. The van der Waals surface area contributed by atoms with E-state index < -0.39 is 69.3 Å². The molecule has 0 aliphatic heterocycles. The molecule has 0 atom stereocenters. The Balaban J connectivity index is 2.27. The third kappa shape index (κ3) is 4.85. The molecular weight excluding hydrogens is 560 g/mol. The van der Waals surface area contributed by atoms with Crippen LogP contribution in [0.15, 0.2) is 34.4 Å². The number of aliphatic hydroxyl groups is 1. The molecule has 0 saturated heterocycles. The molecule has 0 radical (unpaired) electrons. The average Bonchev–Trinajstić information content (AvgIpc) is 3.17. The number of nitrogens with zero attached hydrogens (tertiary/aromatic N) is 5. The van der Waals surface area contributed by atoms with Crippen LogP contribution in [0.2, 0.25) is 0 Å². The van der Waals surface area contributed by atoms with Gasteiger partial charge in [-0.1, -0.05) is 0 Å². The summed E-state index contributed by atoms with van der Waals surface area (Å²) in [5, 5.41) is 27.9. The molecule has 0 aliphatic rings. The smallest absolute Gasteiger partial charge is 0.388 e. The number of rotatable bonds is 8. The molecule has 204 valence electrons. The molecule has 0 bridgehead atoms. The van der Waals surface area contributed by atoms with E-state index in [9.17, 15) is 55.1 Å². The number of aliphatic hydroxyl groups excluding tert-OH is 1. The van der Waals surface area contributed by atoms with Crippen molar-refractivity contribution >= 4 is 23.4 Å². The van der Waals surface area contributed by atoms with Gasteiger partial charge in [0.2, 0.25) is 5.91 Å². The van der Waals surface area contributed by atoms with Gasteiger partial charge in [0.05, 0.1) is 10.5 Å². The van der Waals surface area contributed by atoms with E-state index in [4.69, 9.17) is 5.73 Å². The highest BCUT2D eigenvalue weighted by atomic mass is 32.2. The molecule has 1 amide bonds. The van der Waals surface area contributed by atoms with Crippen LogP contribution in [-0.2, 0) is 19.6 Å². The van der Waals surface area contributed by atoms with E-state index in [2.05, 4.69) is 15.2 Å². The van der Waals surface area contributed by atoms with Crippen molar-refractivity contribution in [2.24, 2.45) is 12.8 Å². The van der Waals surface area contributed by atoms with Crippen LogP contribution in [0.3, 0.4) is 0 Å². The highest BCUT2D eigenvalue weighted by Crippen LogP contribution is 2.52. The maximum Gasteiger partial charge on any atom is 0.460 e. The minimum atomic E-state index is -6.70. The van der Waals surface area contributed by atoms with Crippen molar-refractivity contribution in [3.63, 3.8) is 0 Å². The Kier molecular flexibility index (Phi) is 7.39. The second-order valence-corrected chi connectivity index (χ2v) is 8.39. The van der Waals surface area contributed by atoms with Gasteiger partial charge in [-0.25, -0.2) is 4.39 Å². The number of hydrogen-bond acceptors (Lipinski definition) is 8. The van der Waals surface area contributed by atoms with Gasteiger partial charge in [0.15, 0.2) is 11.0 Å². The molecule has 2 aromatic heterocycles. The van der Waals surface area contributed by atoms with Gasteiger partial charge in [0.1, 0.15) is 18.1 Å². The Hall–Kier alpha value is -3.87. The third-order valence-corrected chi connectivity index (χ3v) is 6.20. The zero-order chi connectivity index (χ0) is 28.8. The van der Waals surface area contributed by atoms with Crippen molar-refractivity contribution in [2.75, 3.05) is 0 Å². The Morgan fingerprint density at radius 2 is 1.79 bits per heavy atom. The molecule has 0 spiro atoms. The van der Waals surface area contributed by atoms with Crippen molar-refractivity contribution in [3.05, 3.63) is 57.3 Å². The molecule has 3 aromatic rings. The lowest BCUT2D eigenvalue weighted by Gasteiger charge is -2.28. The van der Waals surface area contributed by atoms with E-state index in [0.29, 0.717) is 23.9 Å². The third-order valence-electron chi connectivity index (χ3n) is 5.02. The molecule has 3 N–H and O–H groups in total. The fourth-order valence-corrected chi connectivity index (χ4v) is 4.06. The lowest BCUT2D eigenvalue weighted by atomic mass is 10.0. The van der Waals surface area contributed by atoms with Crippen LogP contribution in [0.25, 0.3) is 11.3 Å². The fourth-order valence-electron chi connectivity index (χ4n) is 3.02. The van der Waals surface area contributed by atoms with Gasteiger partial charge >= 0.3 is 18.0 Å². The standard InChI is InChI=1S/C19H12F8N6O4S/c1-32-12(6-34)30-31-16(32)38-14-9(3-8(33(36)37)4-10(14)15(28)35)13-11(20)2-7(5-29-13)17(21,22)18(23,24)19(25,26)27/h2-5,34H,6H2,1H3,(H2,28,35). The number of aromatic nitrogens is 4. The van der Waals surface area contributed by atoms with Gasteiger partial charge < -0.3 is 15.4 Å². The molecule has 0 fully saturated rings. The summed E-state index contributed by atoms with van der Waals surface area (Å²) in [6, 6.07) is 0.999. The van der Waals surface area contributed by atoms with Crippen LogP contribution in [-0.4, -0.2) is 47.8 Å². The molecule has 0 saturated carbocycles. The molecule has 1 aromatic carbocycles. The number of nitro benzene ring substituents is 1. The second-order valence-electron chi connectivity index (χ2n) is 7.41. The maximum absolute atomic E-state index is 15.0. The molecule has 38 heavy (non-hydrogen) atoms. The molecule has 19 heteroatoms. The summed E-state index contributed by atoms with van der Waals surface area (Å²) in [5.41, 5.74) is 0.0318. The van der Waals surface area contributed by atoms with Crippen LogP contribution >= 0.6 is 11.8 Å². The number of nitro groups is 1. The van der Waals surface area contributed by atoms with Crippen molar-refractivity contribution in [1.82, 2.24) is 19.7 Å². The van der Waals surface area contributed by atoms with Crippen LogP contribution in [0.5, 0.6) is 0 Å². The number of amides is 1. The fraction of sp³-hybridized carbons (Fsp3) is 0.263. The zero-order valence-corrected chi connectivity index (χ0v) is 19.3. The lowest BCUT2D eigenvalue weighted by molar-refractivity contribution is -0.384. The van der Waals surface area contributed by atoms with Crippen molar-refractivity contribution < 1.29 is 49.9 Å². The van der Waals surface area contributed by atoms with E-state index in [1.54, 1.807) is 0 Å². The molecule has 0 unspecified atom stereocenters. The van der Waals surface area contributed by atoms with Crippen LogP contribution < -0.4 is 5.73 Å². The molecule has 2 heterocycles. The van der Waals surface area contributed by atoms with Gasteiger partial charge in [-0.05, 0) is 17.8 Å². The van der Waals surface area contributed by atoms with Gasteiger partial charge in [-0.2, -0.15) is 30.7 Å². The van der Waals surface area contributed by atoms with E-state index in [0.717, 1.165) is 0 Å². The normalized spacial score (nSPS) is 12.6. The monoisotopic (exact) mass is 572 g/mol. The SMILES string of the molecule is Cn1c(CO)nnc1Sc1c(C(N)=O)cc([N+](=O)[O-])cc1-c1ncc(C(F)(F)C(F)(F)C(F)(F)F)cc1F. The summed E-state index contributed by atoms with van der Waals surface area (Å²) in [7, 11) is 1.36. The number of halogens is 8. The first kappa shape index (κ1) is 28.7.